The average Bonchev–Trinajstić information content (AvgIpc) is 0.787. The number of aliphatic hydroxyl groups excluding tert-OH is 11. The molecule has 3 aliphatic heterocycles. The van der Waals surface area contributed by atoms with Crippen LogP contribution >= 0.6 is 0 Å². The van der Waals surface area contributed by atoms with E-state index < -0.39 is 124 Å². The number of hydrogen-bond acceptors (Lipinski definition) is 18. The predicted molar refractivity (Wildman–Crippen MR) is 384 cm³/mol. The van der Waals surface area contributed by atoms with Crippen LogP contribution in [0.2, 0.25) is 0 Å². The van der Waals surface area contributed by atoms with E-state index in [0.29, 0.717) is 12.8 Å². The lowest BCUT2D eigenvalue weighted by Gasteiger charge is -2.48. The van der Waals surface area contributed by atoms with E-state index in [0.717, 1.165) is 44.9 Å². The van der Waals surface area contributed by atoms with Crippen molar-refractivity contribution in [3.8, 4) is 0 Å². The first-order valence-electron chi connectivity index (χ1n) is 40.8. The molecule has 576 valence electrons. The van der Waals surface area contributed by atoms with E-state index in [-0.39, 0.29) is 18.9 Å². The maximum atomic E-state index is 13.5. The SMILES string of the molecule is CCCCCCCCCCCCCCCCCCCCCCCCCCCCCCCCC(=O)NC(COC1OC(CO)C(OC2OC(CO)C(OC3OC(CO)C(O)C(O)C3O)C(O)C2O)C(O)C1O)C(O)CCCCCCCCCCCCCCCCCCCCCCCC. The second kappa shape index (κ2) is 60.1. The van der Waals surface area contributed by atoms with E-state index in [1.54, 1.807) is 0 Å². The number of unbranched alkanes of at least 4 members (excludes halogenated alkanes) is 50. The van der Waals surface area contributed by atoms with Gasteiger partial charge in [-0.3, -0.25) is 4.79 Å². The molecular weight excluding hydrogens is 1240 g/mol. The van der Waals surface area contributed by atoms with Crippen molar-refractivity contribution in [2.24, 2.45) is 0 Å². The Morgan fingerprint density at radius 2 is 0.588 bits per heavy atom. The molecule has 0 aliphatic carbocycles. The van der Waals surface area contributed by atoms with Gasteiger partial charge in [0.1, 0.15) is 73.2 Å². The Balaban J connectivity index is 1.35. The van der Waals surface area contributed by atoms with Crippen LogP contribution in [0.1, 0.15) is 361 Å². The van der Waals surface area contributed by atoms with Crippen molar-refractivity contribution >= 4 is 5.91 Å². The number of carbonyl (C=O) groups excluding carboxylic acids is 1. The molecule has 17 atom stereocenters. The number of carbonyl (C=O) groups is 1. The normalized spacial score (nSPS) is 26.8. The summed E-state index contributed by atoms with van der Waals surface area (Å²) in [6.07, 6.45) is 42.0. The number of ether oxygens (including phenoxy) is 6. The lowest BCUT2D eigenvalue weighted by molar-refractivity contribution is -0.379. The van der Waals surface area contributed by atoms with Gasteiger partial charge in [-0.1, -0.05) is 341 Å². The van der Waals surface area contributed by atoms with Crippen molar-refractivity contribution in [3.63, 3.8) is 0 Å². The van der Waals surface area contributed by atoms with Gasteiger partial charge < -0.3 is 89.9 Å². The van der Waals surface area contributed by atoms with Gasteiger partial charge in [0.05, 0.1) is 38.6 Å². The summed E-state index contributed by atoms with van der Waals surface area (Å²) in [5, 5.41) is 121. The molecule has 0 aromatic rings. The summed E-state index contributed by atoms with van der Waals surface area (Å²) in [5.41, 5.74) is 0. The first-order valence-corrected chi connectivity index (χ1v) is 40.8. The molecule has 0 spiro atoms. The Morgan fingerprint density at radius 3 is 0.897 bits per heavy atom. The number of amides is 1. The summed E-state index contributed by atoms with van der Waals surface area (Å²) in [7, 11) is 0. The summed E-state index contributed by atoms with van der Waals surface area (Å²) in [4.78, 5) is 13.5. The van der Waals surface area contributed by atoms with Crippen LogP contribution in [0.5, 0.6) is 0 Å². The van der Waals surface area contributed by atoms with Gasteiger partial charge in [0, 0.05) is 6.42 Å². The highest BCUT2D eigenvalue weighted by atomic mass is 16.8. The predicted octanol–water partition coefficient (Wildman–Crippen LogP) is 13.4. The van der Waals surface area contributed by atoms with Crippen LogP contribution < -0.4 is 5.32 Å². The van der Waals surface area contributed by atoms with Crippen molar-refractivity contribution in [3.05, 3.63) is 0 Å². The number of nitrogens with one attached hydrogen (secondary N) is 1. The van der Waals surface area contributed by atoms with E-state index >= 15 is 0 Å². The Hall–Kier alpha value is -1.21. The van der Waals surface area contributed by atoms with Crippen LogP contribution in [0.15, 0.2) is 0 Å². The van der Waals surface area contributed by atoms with Crippen LogP contribution in [-0.4, -0.2) is 193 Å². The minimum Gasteiger partial charge on any atom is -0.394 e. The van der Waals surface area contributed by atoms with E-state index in [4.69, 9.17) is 28.4 Å². The summed E-state index contributed by atoms with van der Waals surface area (Å²) in [6.45, 7) is 1.88. The first-order chi connectivity index (χ1) is 47.3. The van der Waals surface area contributed by atoms with Gasteiger partial charge in [-0.15, -0.1) is 0 Å². The van der Waals surface area contributed by atoms with Gasteiger partial charge in [0.25, 0.3) is 0 Å². The fourth-order valence-corrected chi connectivity index (χ4v) is 14.4. The molecule has 0 bridgehead atoms. The zero-order valence-electron chi connectivity index (χ0n) is 61.6. The van der Waals surface area contributed by atoms with E-state index in [9.17, 15) is 61.0 Å². The molecule has 17 unspecified atom stereocenters. The number of aliphatic hydroxyl groups is 11. The molecule has 3 heterocycles. The maximum Gasteiger partial charge on any atom is 0.220 e. The minimum atomic E-state index is -1.97. The van der Waals surface area contributed by atoms with Crippen molar-refractivity contribution in [2.75, 3.05) is 26.4 Å². The quantitative estimate of drug-likeness (QED) is 0.0252. The standard InChI is InChI=1S/C78H151NO18/c1-3-5-7-9-11-13-15-17-19-21-23-25-27-28-29-30-31-32-33-34-36-38-40-42-44-46-48-50-52-54-56-66(84)79-61(62(83)55-53-51-49-47-45-43-41-39-37-35-26-24-22-20-18-16-14-12-10-8-6-4-2)60-92-76-72(90)69(87)74(64(58-81)94-76)97-78-73(91)70(88)75(65(59-82)95-78)96-77-71(89)68(86)67(85)63(57-80)93-77/h61-65,67-78,80-83,85-91H,3-60H2,1-2H3,(H,79,84). The molecule has 0 aromatic heterocycles. The molecule has 3 fully saturated rings. The van der Waals surface area contributed by atoms with Crippen molar-refractivity contribution in [2.45, 2.75) is 465 Å². The maximum absolute atomic E-state index is 13.5. The van der Waals surface area contributed by atoms with Gasteiger partial charge in [0.2, 0.25) is 5.91 Å². The lowest BCUT2D eigenvalue weighted by atomic mass is 9.96. The highest BCUT2D eigenvalue weighted by molar-refractivity contribution is 5.76. The highest BCUT2D eigenvalue weighted by Gasteiger charge is 2.54. The summed E-state index contributed by atoms with van der Waals surface area (Å²) >= 11 is 0. The summed E-state index contributed by atoms with van der Waals surface area (Å²) < 4.78 is 34.5. The number of rotatable bonds is 66. The molecule has 97 heavy (non-hydrogen) atoms. The van der Waals surface area contributed by atoms with Crippen molar-refractivity contribution in [1.82, 2.24) is 5.32 Å². The van der Waals surface area contributed by atoms with Gasteiger partial charge in [-0.25, -0.2) is 0 Å². The third kappa shape index (κ3) is 40.6. The Morgan fingerprint density at radius 1 is 0.330 bits per heavy atom. The average molecular weight is 1390 g/mol. The molecule has 0 aromatic carbocycles. The van der Waals surface area contributed by atoms with Crippen LogP contribution in [0, 0.1) is 0 Å². The largest absolute Gasteiger partial charge is 0.394 e. The van der Waals surface area contributed by atoms with Crippen LogP contribution in [0.3, 0.4) is 0 Å². The Kier molecular flexibility index (Phi) is 55.8. The van der Waals surface area contributed by atoms with E-state index in [1.807, 2.05) is 0 Å². The smallest absolute Gasteiger partial charge is 0.220 e. The second-order valence-electron chi connectivity index (χ2n) is 29.6. The van der Waals surface area contributed by atoms with E-state index in [2.05, 4.69) is 19.2 Å². The van der Waals surface area contributed by atoms with E-state index in [1.165, 1.54) is 283 Å². The van der Waals surface area contributed by atoms with Gasteiger partial charge in [0.15, 0.2) is 18.9 Å². The topological polar surface area (TPSA) is 307 Å². The molecule has 3 aliphatic rings. The summed E-state index contributed by atoms with van der Waals surface area (Å²) in [5.74, 6) is -0.232. The molecule has 3 saturated heterocycles. The highest BCUT2D eigenvalue weighted by Crippen LogP contribution is 2.33. The monoisotopic (exact) mass is 1390 g/mol. The zero-order chi connectivity index (χ0) is 70.4. The van der Waals surface area contributed by atoms with Crippen molar-refractivity contribution < 1.29 is 89.4 Å². The summed E-state index contributed by atoms with van der Waals surface area (Å²) in [6, 6.07) is -0.883. The molecule has 12 N–H and O–H groups in total. The van der Waals surface area contributed by atoms with Crippen LogP contribution in [0.4, 0.5) is 0 Å². The third-order valence-corrected chi connectivity index (χ3v) is 20.9. The Bertz CT molecular complexity index is 1760. The number of hydrogen-bond donors (Lipinski definition) is 12. The third-order valence-electron chi connectivity index (χ3n) is 20.9. The molecule has 0 saturated carbocycles. The first kappa shape index (κ1) is 90.0. The fraction of sp³-hybridized carbons (Fsp3) is 0.987. The fourth-order valence-electron chi connectivity index (χ4n) is 14.4. The molecular formula is C78H151NO18. The second-order valence-corrected chi connectivity index (χ2v) is 29.6. The molecule has 3 rings (SSSR count). The molecule has 0 radical (unpaired) electrons. The zero-order valence-corrected chi connectivity index (χ0v) is 61.6. The lowest BCUT2D eigenvalue weighted by Crippen LogP contribution is -2.66. The minimum absolute atomic E-state index is 0.232. The molecule has 1 amide bonds. The molecule has 19 heteroatoms. The van der Waals surface area contributed by atoms with Crippen LogP contribution in [0.25, 0.3) is 0 Å². The van der Waals surface area contributed by atoms with Gasteiger partial charge in [-0.05, 0) is 12.8 Å². The van der Waals surface area contributed by atoms with Gasteiger partial charge >= 0.3 is 0 Å². The van der Waals surface area contributed by atoms with Crippen molar-refractivity contribution in [1.29, 1.82) is 0 Å². The van der Waals surface area contributed by atoms with Crippen LogP contribution in [-0.2, 0) is 33.2 Å². The Labute approximate surface area is 589 Å². The van der Waals surface area contributed by atoms with Gasteiger partial charge in [-0.2, -0.15) is 0 Å². The molecule has 19 nitrogen and oxygen atoms in total.